The molecule has 0 atom stereocenters. The van der Waals surface area contributed by atoms with E-state index in [1.807, 2.05) is 0 Å². The van der Waals surface area contributed by atoms with Crippen LogP contribution in [0.15, 0.2) is 12.2 Å². The lowest BCUT2D eigenvalue weighted by atomic mass is 10.2. The normalized spacial score (nSPS) is 10.9. The minimum atomic E-state index is -0.307. The van der Waals surface area contributed by atoms with Crippen LogP contribution < -0.4 is 0 Å². The Kier molecular flexibility index (Phi) is 8.72. The third-order valence-electron chi connectivity index (χ3n) is 2.21. The number of rotatable bonds is 9. The van der Waals surface area contributed by atoms with Crippen molar-refractivity contribution in [2.24, 2.45) is 5.92 Å². The summed E-state index contributed by atoms with van der Waals surface area (Å²) in [5, 5.41) is 0. The van der Waals surface area contributed by atoms with Crippen LogP contribution in [0.5, 0.6) is 0 Å². The van der Waals surface area contributed by atoms with Crippen LogP contribution in [0.25, 0.3) is 0 Å². The van der Waals surface area contributed by atoms with Crippen LogP contribution in [-0.2, 0) is 14.3 Å². The van der Waals surface area contributed by atoms with Gasteiger partial charge in [-0.05, 0) is 12.8 Å². The Hall–Kier alpha value is -0.870. The molecular weight excluding hydrogens is 218 g/mol. The predicted molar refractivity (Wildman–Crippen MR) is 68.9 cm³/mol. The Labute approximate surface area is 105 Å². The van der Waals surface area contributed by atoms with E-state index < -0.39 is 0 Å². The van der Waals surface area contributed by atoms with E-state index in [-0.39, 0.29) is 5.97 Å². The number of nitrogens with zero attached hydrogens (tertiary/aromatic N) is 1. The number of hydrogen-bond acceptors (Lipinski definition) is 4. The SMILES string of the molecule is C=C(CN(CCOC)CC(C)C)C(=O)OCC. The number of ether oxygens (including phenoxy) is 2. The van der Waals surface area contributed by atoms with Gasteiger partial charge in [0.15, 0.2) is 0 Å². The van der Waals surface area contributed by atoms with Crippen LogP contribution in [0.3, 0.4) is 0 Å². The maximum absolute atomic E-state index is 11.5. The molecule has 0 aromatic carbocycles. The van der Waals surface area contributed by atoms with Gasteiger partial charge in [0.25, 0.3) is 0 Å². The van der Waals surface area contributed by atoms with Crippen molar-refractivity contribution in [2.45, 2.75) is 20.8 Å². The summed E-state index contributed by atoms with van der Waals surface area (Å²) in [5.74, 6) is 0.237. The van der Waals surface area contributed by atoms with E-state index in [0.717, 1.165) is 13.1 Å². The molecule has 0 bridgehead atoms. The molecule has 4 heteroatoms. The molecule has 100 valence electrons. The summed E-state index contributed by atoms with van der Waals surface area (Å²) in [5.41, 5.74) is 0.503. The molecule has 0 aliphatic heterocycles. The van der Waals surface area contributed by atoms with Gasteiger partial charge >= 0.3 is 5.97 Å². The molecule has 4 nitrogen and oxygen atoms in total. The van der Waals surface area contributed by atoms with E-state index in [1.54, 1.807) is 14.0 Å². The number of methoxy groups -OCH3 is 1. The lowest BCUT2D eigenvalue weighted by Gasteiger charge is -2.24. The molecule has 0 aliphatic rings. The zero-order valence-corrected chi connectivity index (χ0v) is 11.5. The fourth-order valence-corrected chi connectivity index (χ4v) is 1.54. The van der Waals surface area contributed by atoms with Gasteiger partial charge in [0.2, 0.25) is 0 Å². The van der Waals surface area contributed by atoms with E-state index in [4.69, 9.17) is 9.47 Å². The minimum Gasteiger partial charge on any atom is -0.463 e. The Bertz CT molecular complexity index is 239. The van der Waals surface area contributed by atoms with E-state index in [2.05, 4.69) is 25.3 Å². The van der Waals surface area contributed by atoms with Gasteiger partial charge in [-0.25, -0.2) is 4.79 Å². The molecule has 0 saturated heterocycles. The molecule has 17 heavy (non-hydrogen) atoms. The highest BCUT2D eigenvalue weighted by molar-refractivity contribution is 5.88. The molecule has 0 aliphatic carbocycles. The van der Waals surface area contributed by atoms with Gasteiger partial charge in [0.1, 0.15) is 0 Å². The van der Waals surface area contributed by atoms with Crippen molar-refractivity contribution in [1.82, 2.24) is 4.90 Å². The van der Waals surface area contributed by atoms with Crippen molar-refractivity contribution in [2.75, 3.05) is 40.0 Å². The van der Waals surface area contributed by atoms with Crippen molar-refractivity contribution >= 4 is 5.97 Å². The molecule has 0 radical (unpaired) electrons. The first-order valence-corrected chi connectivity index (χ1v) is 6.07. The monoisotopic (exact) mass is 243 g/mol. The van der Waals surface area contributed by atoms with Crippen LogP contribution in [-0.4, -0.2) is 50.8 Å². The Morgan fingerprint density at radius 2 is 2.06 bits per heavy atom. The number of carbonyl (C=O) groups is 1. The van der Waals surface area contributed by atoms with E-state index in [0.29, 0.717) is 31.2 Å². The minimum absolute atomic E-state index is 0.307. The third-order valence-corrected chi connectivity index (χ3v) is 2.21. The molecule has 0 heterocycles. The van der Waals surface area contributed by atoms with Crippen molar-refractivity contribution in [3.63, 3.8) is 0 Å². The topological polar surface area (TPSA) is 38.8 Å². The van der Waals surface area contributed by atoms with E-state index in [1.165, 1.54) is 0 Å². The van der Waals surface area contributed by atoms with E-state index >= 15 is 0 Å². The van der Waals surface area contributed by atoms with Gasteiger partial charge in [0, 0.05) is 32.3 Å². The summed E-state index contributed by atoms with van der Waals surface area (Å²) < 4.78 is 9.97. The smallest absolute Gasteiger partial charge is 0.334 e. The molecule has 0 N–H and O–H groups in total. The first-order chi connectivity index (χ1) is 8.01. The maximum Gasteiger partial charge on any atom is 0.334 e. The first-order valence-electron chi connectivity index (χ1n) is 6.07. The molecule has 0 aromatic heterocycles. The maximum atomic E-state index is 11.5. The molecule has 0 aromatic rings. The highest BCUT2D eigenvalue weighted by Gasteiger charge is 2.14. The first kappa shape index (κ1) is 16.1. The summed E-state index contributed by atoms with van der Waals surface area (Å²) in [6.07, 6.45) is 0. The predicted octanol–water partition coefficient (Wildman–Crippen LogP) is 1.71. The quantitative estimate of drug-likeness (QED) is 0.456. The van der Waals surface area contributed by atoms with Crippen LogP contribution in [0.1, 0.15) is 20.8 Å². The second kappa shape index (κ2) is 9.19. The van der Waals surface area contributed by atoms with Gasteiger partial charge in [-0.15, -0.1) is 0 Å². The second-order valence-corrected chi connectivity index (χ2v) is 4.45. The Morgan fingerprint density at radius 1 is 1.41 bits per heavy atom. The number of hydrogen-bond donors (Lipinski definition) is 0. The lowest BCUT2D eigenvalue weighted by Crippen LogP contribution is -2.34. The highest BCUT2D eigenvalue weighted by Crippen LogP contribution is 2.04. The van der Waals surface area contributed by atoms with Gasteiger partial charge in [-0.1, -0.05) is 20.4 Å². The second-order valence-electron chi connectivity index (χ2n) is 4.45. The van der Waals surface area contributed by atoms with Gasteiger partial charge in [-0.2, -0.15) is 0 Å². The van der Waals surface area contributed by atoms with Crippen LogP contribution >= 0.6 is 0 Å². The van der Waals surface area contributed by atoms with Crippen LogP contribution in [0, 0.1) is 5.92 Å². The Morgan fingerprint density at radius 3 is 2.53 bits per heavy atom. The third kappa shape index (κ3) is 7.94. The van der Waals surface area contributed by atoms with Crippen LogP contribution in [0.2, 0.25) is 0 Å². The summed E-state index contributed by atoms with van der Waals surface area (Å²) >= 11 is 0. The molecule has 0 saturated carbocycles. The standard InChI is InChI=1S/C13H25NO3/c1-6-17-13(15)12(4)10-14(7-8-16-5)9-11(2)3/h11H,4,6-10H2,1-3,5H3. The summed E-state index contributed by atoms with van der Waals surface area (Å²) in [4.78, 5) is 13.6. The number of carbonyl (C=O) groups excluding carboxylic acids is 1. The zero-order chi connectivity index (χ0) is 13.3. The van der Waals surface area contributed by atoms with Crippen molar-refractivity contribution in [1.29, 1.82) is 0 Å². The van der Waals surface area contributed by atoms with Crippen LogP contribution in [0.4, 0.5) is 0 Å². The van der Waals surface area contributed by atoms with Crippen molar-refractivity contribution in [3.8, 4) is 0 Å². The van der Waals surface area contributed by atoms with Gasteiger partial charge in [-0.3, -0.25) is 4.90 Å². The molecular formula is C13H25NO3. The fraction of sp³-hybridized carbons (Fsp3) is 0.769. The molecule has 0 amide bonds. The molecule has 0 spiro atoms. The van der Waals surface area contributed by atoms with Crippen molar-refractivity contribution in [3.05, 3.63) is 12.2 Å². The highest BCUT2D eigenvalue weighted by atomic mass is 16.5. The van der Waals surface area contributed by atoms with E-state index in [9.17, 15) is 4.79 Å². The Balaban J connectivity index is 4.20. The van der Waals surface area contributed by atoms with Crippen molar-refractivity contribution < 1.29 is 14.3 Å². The average Bonchev–Trinajstić information content (AvgIpc) is 2.25. The lowest BCUT2D eigenvalue weighted by molar-refractivity contribution is -0.138. The summed E-state index contributed by atoms with van der Waals surface area (Å²) in [6.45, 7) is 13.2. The largest absolute Gasteiger partial charge is 0.463 e. The number of esters is 1. The summed E-state index contributed by atoms with van der Waals surface area (Å²) in [7, 11) is 1.67. The molecule has 0 unspecified atom stereocenters. The fourth-order valence-electron chi connectivity index (χ4n) is 1.54. The molecule has 0 fully saturated rings. The van der Waals surface area contributed by atoms with Gasteiger partial charge < -0.3 is 9.47 Å². The summed E-state index contributed by atoms with van der Waals surface area (Å²) in [6, 6.07) is 0. The van der Waals surface area contributed by atoms with Gasteiger partial charge in [0.05, 0.1) is 13.2 Å². The zero-order valence-electron chi connectivity index (χ0n) is 11.5. The average molecular weight is 243 g/mol. The molecule has 0 rings (SSSR count).